The average Bonchev–Trinajstić information content (AvgIpc) is 3.27. The molecule has 0 spiro atoms. The van der Waals surface area contributed by atoms with Crippen molar-refractivity contribution in [3.8, 4) is 22.8 Å². The molecule has 0 unspecified atom stereocenters. The number of aromatic nitrogens is 4. The maximum atomic E-state index is 5.46. The van der Waals surface area contributed by atoms with Crippen LogP contribution < -0.4 is 9.47 Å². The zero-order chi connectivity index (χ0) is 16.5. The molecule has 0 saturated heterocycles. The van der Waals surface area contributed by atoms with E-state index in [0.29, 0.717) is 0 Å². The van der Waals surface area contributed by atoms with Crippen molar-refractivity contribution in [3.05, 3.63) is 47.9 Å². The van der Waals surface area contributed by atoms with Crippen LogP contribution in [0.3, 0.4) is 0 Å². The molecule has 24 heavy (non-hydrogen) atoms. The predicted octanol–water partition coefficient (Wildman–Crippen LogP) is 2.17. The molecule has 4 rings (SSSR count). The van der Waals surface area contributed by atoms with Crippen molar-refractivity contribution in [1.82, 2.24) is 24.9 Å². The molecule has 0 fully saturated rings. The van der Waals surface area contributed by atoms with Crippen molar-refractivity contribution in [2.45, 2.75) is 13.1 Å². The van der Waals surface area contributed by atoms with Gasteiger partial charge in [-0.2, -0.15) is 10.2 Å². The summed E-state index contributed by atoms with van der Waals surface area (Å²) >= 11 is 0. The molecule has 124 valence electrons. The van der Waals surface area contributed by atoms with Crippen LogP contribution in [-0.4, -0.2) is 38.7 Å². The first-order chi connectivity index (χ1) is 11.7. The van der Waals surface area contributed by atoms with E-state index in [1.165, 1.54) is 5.56 Å². The Morgan fingerprint density at radius 1 is 1.21 bits per heavy atom. The Labute approximate surface area is 139 Å². The van der Waals surface area contributed by atoms with Gasteiger partial charge in [-0.15, -0.1) is 0 Å². The summed E-state index contributed by atoms with van der Waals surface area (Å²) in [6.45, 7) is 1.90. The highest BCUT2D eigenvalue weighted by Gasteiger charge is 2.17. The molecule has 0 aliphatic carbocycles. The summed E-state index contributed by atoms with van der Waals surface area (Å²) in [5.74, 6) is 1.56. The molecule has 3 heterocycles. The van der Waals surface area contributed by atoms with Crippen LogP contribution in [-0.2, 0) is 20.1 Å². The van der Waals surface area contributed by atoms with Gasteiger partial charge in [0.1, 0.15) is 0 Å². The normalized spacial score (nSPS) is 13.0. The number of fused-ring (bicyclic) bond motifs is 1. The molecule has 0 radical (unpaired) electrons. The molecule has 2 aromatic heterocycles. The van der Waals surface area contributed by atoms with Gasteiger partial charge in [0.05, 0.1) is 18.1 Å². The minimum Gasteiger partial charge on any atom is -0.454 e. The number of nitrogens with one attached hydrogen (secondary N) is 1. The van der Waals surface area contributed by atoms with E-state index >= 15 is 0 Å². The van der Waals surface area contributed by atoms with Gasteiger partial charge in [0.15, 0.2) is 11.5 Å². The number of hydrogen-bond donors (Lipinski definition) is 1. The summed E-state index contributed by atoms with van der Waals surface area (Å²) in [7, 11) is 4.01. The summed E-state index contributed by atoms with van der Waals surface area (Å²) < 4.78 is 12.7. The number of aromatic amines is 1. The Morgan fingerprint density at radius 2 is 2.08 bits per heavy atom. The summed E-state index contributed by atoms with van der Waals surface area (Å²) in [6.07, 6.45) is 5.80. The van der Waals surface area contributed by atoms with Crippen molar-refractivity contribution in [3.63, 3.8) is 0 Å². The first kappa shape index (κ1) is 14.8. The SMILES string of the molecule is CN(Cc1cnn(C)c1)Cc1cn[nH]c1-c1ccc2c(c1)OCO2. The third-order valence-corrected chi connectivity index (χ3v) is 4.03. The molecule has 7 nitrogen and oxygen atoms in total. The predicted molar refractivity (Wildman–Crippen MR) is 88.5 cm³/mol. The van der Waals surface area contributed by atoms with Gasteiger partial charge in [-0.05, 0) is 25.2 Å². The van der Waals surface area contributed by atoms with E-state index in [9.17, 15) is 0 Å². The van der Waals surface area contributed by atoms with Crippen LogP contribution in [0, 0.1) is 0 Å². The monoisotopic (exact) mass is 325 g/mol. The summed E-state index contributed by atoms with van der Waals surface area (Å²) in [4.78, 5) is 2.23. The highest BCUT2D eigenvalue weighted by Crippen LogP contribution is 2.36. The number of nitrogens with zero attached hydrogens (tertiary/aromatic N) is 4. The van der Waals surface area contributed by atoms with Gasteiger partial charge < -0.3 is 9.47 Å². The number of H-pyrrole nitrogens is 1. The quantitative estimate of drug-likeness (QED) is 0.779. The lowest BCUT2D eigenvalue weighted by Crippen LogP contribution is -2.17. The van der Waals surface area contributed by atoms with Gasteiger partial charge in [-0.25, -0.2) is 0 Å². The molecule has 1 aliphatic rings. The fraction of sp³-hybridized carbons (Fsp3) is 0.294. The van der Waals surface area contributed by atoms with E-state index in [0.717, 1.165) is 41.4 Å². The number of ether oxygens (including phenoxy) is 2. The fourth-order valence-electron chi connectivity index (χ4n) is 2.94. The molecule has 7 heteroatoms. The van der Waals surface area contributed by atoms with Gasteiger partial charge in [0.25, 0.3) is 0 Å². The van der Waals surface area contributed by atoms with Crippen LogP contribution >= 0.6 is 0 Å². The maximum Gasteiger partial charge on any atom is 0.231 e. The largest absolute Gasteiger partial charge is 0.454 e. The minimum atomic E-state index is 0.280. The number of hydrogen-bond acceptors (Lipinski definition) is 5. The highest BCUT2D eigenvalue weighted by atomic mass is 16.7. The molecule has 1 aliphatic heterocycles. The minimum absolute atomic E-state index is 0.280. The highest BCUT2D eigenvalue weighted by molar-refractivity contribution is 5.66. The van der Waals surface area contributed by atoms with E-state index in [1.807, 2.05) is 48.5 Å². The van der Waals surface area contributed by atoms with Gasteiger partial charge in [0, 0.05) is 43.0 Å². The van der Waals surface area contributed by atoms with Crippen LogP contribution in [0.5, 0.6) is 11.5 Å². The molecule has 1 aromatic carbocycles. The zero-order valence-corrected chi connectivity index (χ0v) is 13.7. The standard InChI is InChI=1S/C17H19N5O2/c1-21(8-12-6-19-22(2)9-12)10-14-7-18-20-17(14)13-3-4-15-16(5-13)24-11-23-15/h3-7,9H,8,10-11H2,1-2H3,(H,18,20). The van der Waals surface area contributed by atoms with Crippen molar-refractivity contribution in [2.24, 2.45) is 7.05 Å². The maximum absolute atomic E-state index is 5.46. The lowest BCUT2D eigenvalue weighted by atomic mass is 10.1. The van der Waals surface area contributed by atoms with E-state index in [4.69, 9.17) is 9.47 Å². The van der Waals surface area contributed by atoms with Crippen molar-refractivity contribution >= 4 is 0 Å². The summed E-state index contributed by atoms with van der Waals surface area (Å²) in [5.41, 5.74) is 4.38. The molecule has 0 bridgehead atoms. The summed E-state index contributed by atoms with van der Waals surface area (Å²) in [6, 6.07) is 5.94. The number of rotatable bonds is 5. The zero-order valence-electron chi connectivity index (χ0n) is 13.7. The molecule has 0 atom stereocenters. The Kier molecular flexibility index (Phi) is 3.70. The van der Waals surface area contributed by atoms with E-state index in [1.54, 1.807) is 0 Å². The van der Waals surface area contributed by atoms with Crippen LogP contribution in [0.1, 0.15) is 11.1 Å². The van der Waals surface area contributed by atoms with E-state index in [-0.39, 0.29) is 6.79 Å². The molecule has 1 N–H and O–H groups in total. The summed E-state index contributed by atoms with van der Waals surface area (Å²) in [5, 5.41) is 11.5. The van der Waals surface area contributed by atoms with Gasteiger partial charge in [0.2, 0.25) is 6.79 Å². The molecule has 3 aromatic rings. The third kappa shape index (κ3) is 2.85. The van der Waals surface area contributed by atoms with Crippen LogP contribution in [0.15, 0.2) is 36.8 Å². The second-order valence-corrected chi connectivity index (χ2v) is 6.03. The van der Waals surface area contributed by atoms with Crippen LogP contribution in [0.2, 0.25) is 0 Å². The topological polar surface area (TPSA) is 68.2 Å². The second kappa shape index (κ2) is 6.01. The smallest absolute Gasteiger partial charge is 0.231 e. The Balaban J connectivity index is 1.52. The molecule has 0 amide bonds. The van der Waals surface area contributed by atoms with Gasteiger partial charge in [-0.1, -0.05) is 0 Å². The lowest BCUT2D eigenvalue weighted by molar-refractivity contribution is 0.174. The fourth-order valence-corrected chi connectivity index (χ4v) is 2.94. The second-order valence-electron chi connectivity index (χ2n) is 6.03. The van der Waals surface area contributed by atoms with E-state index in [2.05, 4.69) is 27.2 Å². The number of benzene rings is 1. The van der Waals surface area contributed by atoms with Crippen LogP contribution in [0.25, 0.3) is 11.3 Å². The van der Waals surface area contributed by atoms with Crippen LogP contribution in [0.4, 0.5) is 0 Å². The van der Waals surface area contributed by atoms with E-state index < -0.39 is 0 Å². The third-order valence-electron chi connectivity index (χ3n) is 4.03. The molecule has 0 saturated carbocycles. The van der Waals surface area contributed by atoms with Crippen molar-refractivity contribution in [2.75, 3.05) is 13.8 Å². The Hall–Kier alpha value is -2.80. The number of aryl methyl sites for hydroxylation is 1. The van der Waals surface area contributed by atoms with Gasteiger partial charge >= 0.3 is 0 Å². The molecular formula is C17H19N5O2. The lowest BCUT2D eigenvalue weighted by Gasteiger charge is -2.15. The average molecular weight is 325 g/mol. The van der Waals surface area contributed by atoms with Crippen molar-refractivity contribution in [1.29, 1.82) is 0 Å². The first-order valence-corrected chi connectivity index (χ1v) is 7.77. The molecular weight excluding hydrogens is 306 g/mol. The Morgan fingerprint density at radius 3 is 2.92 bits per heavy atom. The Bertz CT molecular complexity index is 854. The van der Waals surface area contributed by atoms with Crippen molar-refractivity contribution < 1.29 is 9.47 Å². The first-order valence-electron chi connectivity index (χ1n) is 7.77. The van der Waals surface area contributed by atoms with Gasteiger partial charge in [-0.3, -0.25) is 14.7 Å².